The van der Waals surface area contributed by atoms with Gasteiger partial charge in [-0.25, -0.2) is 14.4 Å². The average molecular weight is 955 g/mol. The van der Waals surface area contributed by atoms with Crippen LogP contribution in [0.4, 0.5) is 15.3 Å². The lowest BCUT2D eigenvalue weighted by Gasteiger charge is -2.39. The third-order valence-corrected chi connectivity index (χ3v) is 18.5. The number of nitrogens with zero attached hydrogens (tertiary/aromatic N) is 5. The van der Waals surface area contributed by atoms with Crippen LogP contribution in [0.15, 0.2) is 60.8 Å². The standard InChI is InChI=1S/C53H78N6O8Si/c1-15-59-44-22-21-37(39-29-45(39)56(11)32-43(48(60)61)55-49(62)67-51(3,4)5)27-40(44)42(30-53(9,10)34-66-68(13,14)52(6,7)8)47(59)41-28-38(31-54-46(41)35(2)64-12)57-23-25-58(26-24-57)50(63)65-33-36-19-17-16-18-20-36/h16-22,27-28,31,35,39,43,45H,15,23-26,29-30,32-34H2,1-14H3,(H,55,62)(H,60,61)/t35-,39-,43-,45+/m1/s1. The highest BCUT2D eigenvalue weighted by Crippen LogP contribution is 2.48. The zero-order valence-electron chi connectivity index (χ0n) is 43.2. The molecule has 2 fully saturated rings. The van der Waals surface area contributed by atoms with Crippen molar-refractivity contribution in [3.05, 3.63) is 83.2 Å². The monoisotopic (exact) mass is 955 g/mol. The number of carbonyl (C=O) groups excluding carboxylic acids is 2. The maximum Gasteiger partial charge on any atom is 0.410 e. The Labute approximate surface area is 405 Å². The highest BCUT2D eigenvalue weighted by Gasteiger charge is 2.44. The van der Waals surface area contributed by atoms with E-state index in [4.69, 9.17) is 23.6 Å². The molecule has 0 bridgehead atoms. The lowest BCUT2D eigenvalue weighted by molar-refractivity contribution is -0.140. The van der Waals surface area contributed by atoms with Crippen molar-refractivity contribution in [3.63, 3.8) is 0 Å². The number of pyridine rings is 1. The Kier molecular flexibility index (Phi) is 16.1. The summed E-state index contributed by atoms with van der Waals surface area (Å²) in [5.74, 6) is -0.929. The van der Waals surface area contributed by atoms with Crippen LogP contribution < -0.4 is 10.2 Å². The number of anilines is 1. The maximum absolute atomic E-state index is 13.1. The molecule has 0 spiro atoms. The summed E-state index contributed by atoms with van der Waals surface area (Å²) in [7, 11) is 1.58. The fraction of sp³-hybridized carbons (Fsp3) is 0.585. The number of nitrogens with one attached hydrogen (secondary N) is 1. The summed E-state index contributed by atoms with van der Waals surface area (Å²) in [5.41, 5.74) is 7.46. The fourth-order valence-electron chi connectivity index (χ4n) is 8.92. The number of amides is 2. The molecule has 2 aromatic heterocycles. The molecular formula is C53H78N6O8Si. The summed E-state index contributed by atoms with van der Waals surface area (Å²) in [6, 6.07) is 17.8. The van der Waals surface area contributed by atoms with Gasteiger partial charge in [-0.3, -0.25) is 4.98 Å². The molecule has 4 atom stereocenters. The van der Waals surface area contributed by atoms with Crippen molar-refractivity contribution in [2.75, 3.05) is 58.4 Å². The lowest BCUT2D eigenvalue weighted by Crippen LogP contribution is -2.49. The van der Waals surface area contributed by atoms with Crippen LogP contribution in [0.5, 0.6) is 0 Å². The Morgan fingerprint density at radius 2 is 1.65 bits per heavy atom. The van der Waals surface area contributed by atoms with Gasteiger partial charge in [0.1, 0.15) is 18.2 Å². The minimum atomic E-state index is -2.07. The Hall–Kier alpha value is -4.96. The largest absolute Gasteiger partial charge is 0.480 e. The van der Waals surface area contributed by atoms with Crippen molar-refractivity contribution in [1.29, 1.82) is 0 Å². The summed E-state index contributed by atoms with van der Waals surface area (Å²) in [5, 5.41) is 13.9. The zero-order valence-corrected chi connectivity index (χ0v) is 44.2. The van der Waals surface area contributed by atoms with Crippen molar-refractivity contribution in [2.45, 2.75) is 143 Å². The summed E-state index contributed by atoms with van der Waals surface area (Å²) >= 11 is 0. The van der Waals surface area contributed by atoms with Gasteiger partial charge in [-0.15, -0.1) is 0 Å². The fourth-order valence-corrected chi connectivity index (χ4v) is 10.1. The van der Waals surface area contributed by atoms with Crippen LogP contribution >= 0.6 is 0 Å². The number of alkyl carbamates (subject to hydrolysis) is 1. The van der Waals surface area contributed by atoms with Gasteiger partial charge in [0.15, 0.2) is 8.32 Å². The molecule has 1 saturated heterocycles. The van der Waals surface area contributed by atoms with Gasteiger partial charge in [0.05, 0.1) is 29.4 Å². The van der Waals surface area contributed by atoms with Gasteiger partial charge in [-0.2, -0.15) is 0 Å². The van der Waals surface area contributed by atoms with Crippen LogP contribution in [-0.4, -0.2) is 122 Å². The normalized spacial score (nSPS) is 17.9. The highest BCUT2D eigenvalue weighted by molar-refractivity contribution is 6.74. The number of fused-ring (bicyclic) bond motifs is 1. The van der Waals surface area contributed by atoms with Gasteiger partial charge >= 0.3 is 18.2 Å². The Morgan fingerprint density at radius 1 is 0.971 bits per heavy atom. The van der Waals surface area contributed by atoms with Crippen molar-refractivity contribution in [1.82, 2.24) is 24.7 Å². The number of piperazine rings is 1. The molecule has 14 nitrogen and oxygen atoms in total. The number of likely N-dealkylation sites (N-methyl/N-ethyl adjacent to an activating group) is 1. The Balaban J connectivity index is 1.35. The van der Waals surface area contributed by atoms with E-state index in [0.717, 1.165) is 53.1 Å². The number of carbonyl (C=O) groups is 3. The third-order valence-electron chi connectivity index (χ3n) is 14.0. The van der Waals surface area contributed by atoms with Crippen LogP contribution in [0.25, 0.3) is 22.2 Å². The van der Waals surface area contributed by atoms with E-state index in [1.807, 2.05) is 55.4 Å². The summed E-state index contributed by atoms with van der Waals surface area (Å²) in [6.45, 7) is 29.6. The van der Waals surface area contributed by atoms with Crippen molar-refractivity contribution >= 4 is 43.1 Å². The number of aryl methyl sites for hydroxylation is 1. The number of hydrogen-bond donors (Lipinski definition) is 2. The number of carboxylic acids is 1. The van der Waals surface area contributed by atoms with Crippen LogP contribution in [0.3, 0.4) is 0 Å². The summed E-state index contributed by atoms with van der Waals surface area (Å²) < 4.78 is 26.4. The predicted octanol–water partition coefficient (Wildman–Crippen LogP) is 10.2. The molecule has 2 aromatic carbocycles. The second-order valence-electron chi connectivity index (χ2n) is 22.1. The van der Waals surface area contributed by atoms with Crippen LogP contribution in [0.2, 0.25) is 18.1 Å². The molecule has 1 aliphatic carbocycles. The van der Waals surface area contributed by atoms with Crippen molar-refractivity contribution < 1.29 is 38.1 Å². The molecular weight excluding hydrogens is 877 g/mol. The maximum atomic E-state index is 13.1. The summed E-state index contributed by atoms with van der Waals surface area (Å²) in [6.07, 6.45) is 2.19. The van der Waals surface area contributed by atoms with E-state index in [0.29, 0.717) is 32.8 Å². The van der Waals surface area contributed by atoms with Gasteiger partial charge in [-0.05, 0) is 113 Å². The summed E-state index contributed by atoms with van der Waals surface area (Å²) in [4.78, 5) is 49.3. The van der Waals surface area contributed by atoms with E-state index in [2.05, 4.69) is 93.7 Å². The molecule has 4 aromatic rings. The van der Waals surface area contributed by atoms with E-state index >= 15 is 0 Å². The molecule has 6 rings (SSSR count). The number of aromatic nitrogens is 2. The van der Waals surface area contributed by atoms with E-state index in [1.54, 1.807) is 32.8 Å². The molecule has 15 heteroatoms. The number of aliphatic carboxylic acids is 1. The molecule has 2 amide bonds. The SMILES string of the molecule is CCn1c(-c2cc(N3CCN(C(=O)OCc4ccccc4)CC3)cnc2[C@@H](C)OC)c(CC(C)(C)CO[Si](C)(C)C(C)(C)C)c2cc([C@H]3C[C@@H]3N(C)C[C@@H](NC(=O)OC(C)(C)C)C(=O)O)ccc21. The van der Waals surface area contributed by atoms with E-state index in [9.17, 15) is 19.5 Å². The number of rotatable bonds is 18. The van der Waals surface area contributed by atoms with Crippen LogP contribution in [0.1, 0.15) is 110 Å². The Bertz CT molecular complexity index is 2400. The molecule has 0 radical (unpaired) electrons. The smallest absolute Gasteiger partial charge is 0.410 e. The van der Waals surface area contributed by atoms with Gasteiger partial charge in [0.2, 0.25) is 0 Å². The van der Waals surface area contributed by atoms with Gasteiger partial charge < -0.3 is 48.3 Å². The van der Waals surface area contributed by atoms with E-state index < -0.39 is 32.0 Å². The molecule has 1 aliphatic heterocycles. The number of methoxy groups -OCH3 is 1. The van der Waals surface area contributed by atoms with Crippen LogP contribution in [-0.2, 0) is 43.0 Å². The third kappa shape index (κ3) is 12.6. The van der Waals surface area contributed by atoms with Crippen LogP contribution in [0, 0.1) is 5.41 Å². The minimum Gasteiger partial charge on any atom is -0.480 e. The molecule has 0 unspecified atom stereocenters. The molecule has 2 aliphatic rings. The molecule has 1 saturated carbocycles. The number of carboxylic acid groups (broad SMARTS) is 1. The molecule has 2 N–H and O–H groups in total. The minimum absolute atomic E-state index is 0.0663. The zero-order chi connectivity index (χ0) is 49.9. The molecule has 3 heterocycles. The first kappa shape index (κ1) is 52.4. The van der Waals surface area contributed by atoms with Crippen molar-refractivity contribution in [2.24, 2.45) is 5.41 Å². The predicted molar refractivity (Wildman–Crippen MR) is 272 cm³/mol. The first-order valence-electron chi connectivity index (χ1n) is 24.3. The second kappa shape index (κ2) is 20.9. The number of ether oxygens (including phenoxy) is 3. The average Bonchev–Trinajstić information content (AvgIpc) is 4.03. The van der Waals surface area contributed by atoms with Gasteiger partial charge in [0, 0.05) is 81.4 Å². The van der Waals surface area contributed by atoms with Crippen molar-refractivity contribution in [3.8, 4) is 11.3 Å². The number of hydrogen-bond acceptors (Lipinski definition) is 10. The quantitative estimate of drug-likeness (QED) is 0.0919. The Morgan fingerprint density at radius 3 is 2.25 bits per heavy atom. The second-order valence-corrected chi connectivity index (χ2v) is 27.0. The lowest BCUT2D eigenvalue weighted by atomic mass is 9.84. The first-order valence-corrected chi connectivity index (χ1v) is 27.2. The van der Waals surface area contributed by atoms with E-state index in [-0.39, 0.29) is 47.8 Å². The highest BCUT2D eigenvalue weighted by atomic mass is 28.4. The first-order chi connectivity index (χ1) is 31.8. The van der Waals surface area contributed by atoms with Gasteiger partial charge in [-0.1, -0.05) is 71.0 Å². The topological polar surface area (TPSA) is 148 Å². The molecule has 372 valence electrons. The van der Waals surface area contributed by atoms with Gasteiger partial charge in [0.25, 0.3) is 0 Å². The van der Waals surface area contributed by atoms with E-state index in [1.165, 1.54) is 16.5 Å². The number of benzene rings is 2. The molecule has 68 heavy (non-hydrogen) atoms.